The Labute approximate surface area is 130 Å². The van der Waals surface area contributed by atoms with Gasteiger partial charge in [0.1, 0.15) is 9.71 Å². The van der Waals surface area contributed by atoms with Crippen molar-refractivity contribution in [2.75, 3.05) is 0 Å². The Balaban J connectivity index is 0.000000774. The molecular formula is C17H23NO2S. The maximum absolute atomic E-state index is 11.0. The van der Waals surface area contributed by atoms with Crippen molar-refractivity contribution < 1.29 is 9.90 Å². The zero-order chi connectivity index (χ0) is 15.6. The zero-order valence-corrected chi connectivity index (χ0v) is 14.0. The molecule has 0 spiro atoms. The molecule has 4 heteroatoms. The lowest BCUT2D eigenvalue weighted by Gasteiger charge is -2.26. The van der Waals surface area contributed by atoms with E-state index in [0.29, 0.717) is 10.8 Å². The van der Waals surface area contributed by atoms with Crippen molar-refractivity contribution in [1.29, 1.82) is 0 Å². The minimum atomic E-state index is -0.860. The summed E-state index contributed by atoms with van der Waals surface area (Å²) in [7, 11) is 0. The first-order chi connectivity index (χ1) is 10.0. The van der Waals surface area contributed by atoms with Crippen LogP contribution in [0.1, 0.15) is 55.0 Å². The molecular weight excluding hydrogens is 282 g/mol. The van der Waals surface area contributed by atoms with Gasteiger partial charge in [0.2, 0.25) is 0 Å². The second-order valence-electron chi connectivity index (χ2n) is 5.65. The van der Waals surface area contributed by atoms with E-state index in [0.717, 1.165) is 29.0 Å². The van der Waals surface area contributed by atoms with Crippen molar-refractivity contribution in [2.24, 2.45) is 11.8 Å². The van der Waals surface area contributed by atoms with Crippen LogP contribution in [0.15, 0.2) is 12.1 Å². The Morgan fingerprint density at radius 3 is 2.71 bits per heavy atom. The van der Waals surface area contributed by atoms with E-state index in [9.17, 15) is 4.79 Å². The fraction of sp³-hybridized carbons (Fsp3) is 0.529. The van der Waals surface area contributed by atoms with Crippen molar-refractivity contribution in [1.82, 2.24) is 4.98 Å². The van der Waals surface area contributed by atoms with Crippen molar-refractivity contribution in [3.63, 3.8) is 0 Å². The molecule has 21 heavy (non-hydrogen) atoms. The van der Waals surface area contributed by atoms with Crippen LogP contribution in [0.5, 0.6) is 0 Å². The average molecular weight is 305 g/mol. The third-order valence-electron chi connectivity index (χ3n) is 4.06. The lowest BCUT2D eigenvalue weighted by atomic mass is 9.80. The summed E-state index contributed by atoms with van der Waals surface area (Å²) in [6.07, 6.45) is 3.29. The van der Waals surface area contributed by atoms with Gasteiger partial charge < -0.3 is 5.11 Å². The summed E-state index contributed by atoms with van der Waals surface area (Å²) in [6.45, 7) is 8.55. The van der Waals surface area contributed by atoms with Crippen LogP contribution in [-0.2, 0) is 12.8 Å². The lowest BCUT2D eigenvalue weighted by molar-refractivity contribution is 0.0702. The first kappa shape index (κ1) is 16.0. The van der Waals surface area contributed by atoms with Gasteiger partial charge in [-0.3, -0.25) is 0 Å². The summed E-state index contributed by atoms with van der Waals surface area (Å²) in [5.41, 5.74) is 2.48. The van der Waals surface area contributed by atoms with Crippen LogP contribution in [0.25, 0.3) is 10.2 Å². The maximum atomic E-state index is 11.0. The van der Waals surface area contributed by atoms with Crippen LogP contribution in [0, 0.1) is 11.8 Å². The number of thiophene rings is 1. The molecule has 114 valence electrons. The predicted octanol–water partition coefficient (Wildman–Crippen LogP) is 4.78. The molecule has 1 atom stereocenters. The van der Waals surface area contributed by atoms with E-state index < -0.39 is 5.97 Å². The number of carbonyl (C=O) groups is 1. The van der Waals surface area contributed by atoms with Gasteiger partial charge in [-0.1, -0.05) is 27.7 Å². The molecule has 1 N–H and O–H groups in total. The summed E-state index contributed by atoms with van der Waals surface area (Å²) < 4.78 is 0. The third kappa shape index (κ3) is 3.26. The molecule has 2 aromatic heterocycles. The zero-order valence-electron chi connectivity index (χ0n) is 13.1. The van der Waals surface area contributed by atoms with Crippen LogP contribution in [-0.4, -0.2) is 16.1 Å². The summed E-state index contributed by atoms with van der Waals surface area (Å²) in [5.74, 6) is 0.561. The standard InChI is InChI=1S/C15H17NO2S.C2H6/c1-8(2)9-3-4-12-10(5-9)6-11-7-13(15(17)18)19-14(11)16-12;1-2/h6-9H,3-5H2,1-2H3,(H,17,18);1-2H3. The highest BCUT2D eigenvalue weighted by atomic mass is 32.1. The molecule has 0 saturated heterocycles. The first-order valence-electron chi connectivity index (χ1n) is 7.70. The Kier molecular flexibility index (Phi) is 4.99. The van der Waals surface area contributed by atoms with E-state index in [1.54, 1.807) is 6.07 Å². The van der Waals surface area contributed by atoms with E-state index in [1.807, 2.05) is 13.8 Å². The lowest BCUT2D eigenvalue weighted by Crippen LogP contribution is -2.19. The number of nitrogens with zero attached hydrogens (tertiary/aromatic N) is 1. The molecule has 0 saturated carbocycles. The van der Waals surface area contributed by atoms with Gasteiger partial charge in [-0.15, -0.1) is 11.3 Å². The highest BCUT2D eigenvalue weighted by molar-refractivity contribution is 7.20. The smallest absolute Gasteiger partial charge is 0.345 e. The number of aromatic nitrogens is 1. The highest BCUT2D eigenvalue weighted by Gasteiger charge is 2.23. The van der Waals surface area contributed by atoms with Gasteiger partial charge >= 0.3 is 5.97 Å². The van der Waals surface area contributed by atoms with Crippen LogP contribution in [0.4, 0.5) is 0 Å². The van der Waals surface area contributed by atoms with E-state index in [4.69, 9.17) is 5.11 Å². The molecule has 0 bridgehead atoms. The summed E-state index contributed by atoms with van der Waals surface area (Å²) in [5, 5.41) is 10.0. The molecule has 0 radical (unpaired) electrons. The third-order valence-corrected chi connectivity index (χ3v) is 5.10. The molecule has 3 nitrogen and oxygen atoms in total. The summed E-state index contributed by atoms with van der Waals surface area (Å²) in [4.78, 5) is 16.9. The minimum Gasteiger partial charge on any atom is -0.477 e. The number of pyridine rings is 1. The molecule has 3 rings (SSSR count). The van der Waals surface area contributed by atoms with Crippen molar-refractivity contribution in [3.8, 4) is 0 Å². The fourth-order valence-electron chi connectivity index (χ4n) is 2.83. The first-order valence-corrected chi connectivity index (χ1v) is 8.52. The molecule has 0 amide bonds. The number of carboxylic acid groups (broad SMARTS) is 1. The molecule has 0 aliphatic heterocycles. The van der Waals surface area contributed by atoms with Gasteiger partial charge in [0.25, 0.3) is 0 Å². The number of rotatable bonds is 2. The molecule has 0 fully saturated rings. The quantitative estimate of drug-likeness (QED) is 0.868. The Bertz CT molecular complexity index is 646. The second-order valence-corrected chi connectivity index (χ2v) is 6.68. The Hall–Kier alpha value is -1.42. The van der Waals surface area contributed by atoms with Gasteiger partial charge in [0, 0.05) is 11.1 Å². The van der Waals surface area contributed by atoms with Gasteiger partial charge in [-0.25, -0.2) is 9.78 Å². The Morgan fingerprint density at radius 2 is 2.10 bits per heavy atom. The van der Waals surface area contributed by atoms with E-state index in [1.165, 1.54) is 29.0 Å². The largest absolute Gasteiger partial charge is 0.477 e. The van der Waals surface area contributed by atoms with Gasteiger partial charge in [-0.05, 0) is 48.8 Å². The molecule has 1 aliphatic carbocycles. The molecule has 1 aliphatic rings. The molecule has 1 unspecified atom stereocenters. The normalized spacial score (nSPS) is 17.3. The van der Waals surface area contributed by atoms with Crippen LogP contribution in [0.2, 0.25) is 0 Å². The van der Waals surface area contributed by atoms with E-state index in [2.05, 4.69) is 24.9 Å². The fourth-order valence-corrected chi connectivity index (χ4v) is 3.70. The number of aryl methyl sites for hydroxylation is 1. The average Bonchev–Trinajstić information content (AvgIpc) is 2.89. The van der Waals surface area contributed by atoms with Crippen LogP contribution < -0.4 is 0 Å². The summed E-state index contributed by atoms with van der Waals surface area (Å²) in [6, 6.07) is 3.89. The number of carboxylic acids is 1. The SMILES string of the molecule is CC.CC(C)C1CCc2nc3sc(C(=O)O)cc3cc2C1. The predicted molar refractivity (Wildman–Crippen MR) is 88.3 cm³/mol. The Morgan fingerprint density at radius 1 is 1.38 bits per heavy atom. The second kappa shape index (κ2) is 6.56. The van der Waals surface area contributed by atoms with E-state index >= 15 is 0 Å². The van der Waals surface area contributed by atoms with Crippen molar-refractivity contribution in [3.05, 3.63) is 28.3 Å². The van der Waals surface area contributed by atoms with Gasteiger partial charge in [0.15, 0.2) is 0 Å². The molecule has 2 aromatic rings. The topological polar surface area (TPSA) is 50.2 Å². The highest BCUT2D eigenvalue weighted by Crippen LogP contribution is 2.33. The number of hydrogen-bond donors (Lipinski definition) is 1. The maximum Gasteiger partial charge on any atom is 0.345 e. The minimum absolute atomic E-state index is 0.380. The van der Waals surface area contributed by atoms with Crippen molar-refractivity contribution in [2.45, 2.75) is 47.0 Å². The number of aromatic carboxylic acids is 1. The van der Waals surface area contributed by atoms with Crippen LogP contribution >= 0.6 is 11.3 Å². The van der Waals surface area contributed by atoms with Gasteiger partial charge in [0.05, 0.1) is 0 Å². The number of fused-ring (bicyclic) bond motifs is 2. The monoisotopic (exact) mass is 305 g/mol. The molecule has 0 aromatic carbocycles. The number of hydrogen-bond acceptors (Lipinski definition) is 3. The molecule has 2 heterocycles. The van der Waals surface area contributed by atoms with Gasteiger partial charge in [-0.2, -0.15) is 0 Å². The van der Waals surface area contributed by atoms with Crippen LogP contribution in [0.3, 0.4) is 0 Å². The van der Waals surface area contributed by atoms with Crippen molar-refractivity contribution >= 4 is 27.5 Å². The summed E-state index contributed by atoms with van der Waals surface area (Å²) >= 11 is 1.27. The van der Waals surface area contributed by atoms with E-state index in [-0.39, 0.29) is 0 Å².